The van der Waals surface area contributed by atoms with E-state index in [-0.39, 0.29) is 23.5 Å². The second-order valence-electron chi connectivity index (χ2n) is 8.64. The van der Waals surface area contributed by atoms with Crippen LogP contribution in [0.1, 0.15) is 53.9 Å². The molecule has 3 atom stereocenters. The maximum atomic E-state index is 13.2. The Hall–Kier alpha value is -3.09. The van der Waals surface area contributed by atoms with Gasteiger partial charge in [-0.25, -0.2) is 0 Å². The number of phenolic OH excluding ortho intramolecular Hbond substituents is 1. The van der Waals surface area contributed by atoms with Crippen molar-refractivity contribution in [2.45, 2.75) is 51.1 Å². The highest BCUT2D eigenvalue weighted by atomic mass is 16.5. The molecule has 0 fully saturated rings. The number of phenols is 1. The SMILES string of the molecule is C=C(C)[C@H](O)Cc1c2c(c(O)c3c1O[C@H](c1ccccc1)[C@@H](O)C3=O)C=CC(C)(C)O2. The molecule has 0 aromatic heterocycles. The summed E-state index contributed by atoms with van der Waals surface area (Å²) in [6.07, 6.45) is 0.200. The Morgan fingerprint density at radius 3 is 2.55 bits per heavy atom. The molecule has 0 bridgehead atoms. The molecule has 4 rings (SSSR count). The van der Waals surface area contributed by atoms with Crippen molar-refractivity contribution < 1.29 is 29.6 Å². The molecule has 31 heavy (non-hydrogen) atoms. The molecule has 0 unspecified atom stereocenters. The summed E-state index contributed by atoms with van der Waals surface area (Å²) in [7, 11) is 0. The zero-order valence-electron chi connectivity index (χ0n) is 17.8. The van der Waals surface area contributed by atoms with Crippen molar-refractivity contribution in [2.75, 3.05) is 0 Å². The Morgan fingerprint density at radius 1 is 1.23 bits per heavy atom. The Morgan fingerprint density at radius 2 is 1.90 bits per heavy atom. The molecular formula is C25H26O6. The topological polar surface area (TPSA) is 96.2 Å². The number of hydrogen-bond acceptors (Lipinski definition) is 6. The van der Waals surface area contributed by atoms with Crippen LogP contribution in [0.15, 0.2) is 48.6 Å². The normalized spacial score (nSPS) is 22.0. The maximum absolute atomic E-state index is 13.2. The van der Waals surface area contributed by atoms with Gasteiger partial charge in [0.15, 0.2) is 12.2 Å². The fraction of sp³-hybridized carbons (Fsp3) is 0.320. The van der Waals surface area contributed by atoms with Crippen molar-refractivity contribution in [3.63, 3.8) is 0 Å². The van der Waals surface area contributed by atoms with Crippen LogP contribution in [-0.2, 0) is 6.42 Å². The van der Waals surface area contributed by atoms with E-state index in [1.165, 1.54) is 0 Å². The Kier molecular flexibility index (Phi) is 5.15. The van der Waals surface area contributed by atoms with Gasteiger partial charge >= 0.3 is 0 Å². The van der Waals surface area contributed by atoms with Crippen LogP contribution in [0.3, 0.4) is 0 Å². The van der Waals surface area contributed by atoms with Gasteiger partial charge in [-0.2, -0.15) is 0 Å². The van der Waals surface area contributed by atoms with Gasteiger partial charge in [0, 0.05) is 12.0 Å². The molecule has 2 heterocycles. The molecule has 0 spiro atoms. The van der Waals surface area contributed by atoms with Crippen LogP contribution >= 0.6 is 0 Å². The molecule has 6 nitrogen and oxygen atoms in total. The van der Waals surface area contributed by atoms with E-state index in [1.54, 1.807) is 43.3 Å². The summed E-state index contributed by atoms with van der Waals surface area (Å²) < 4.78 is 12.3. The molecule has 2 aromatic carbocycles. The van der Waals surface area contributed by atoms with Crippen LogP contribution in [-0.4, -0.2) is 38.9 Å². The lowest BCUT2D eigenvalue weighted by Gasteiger charge is -2.36. The first-order valence-electron chi connectivity index (χ1n) is 10.2. The smallest absolute Gasteiger partial charge is 0.202 e. The summed E-state index contributed by atoms with van der Waals surface area (Å²) in [6, 6.07) is 8.92. The van der Waals surface area contributed by atoms with Crippen molar-refractivity contribution in [2.24, 2.45) is 0 Å². The van der Waals surface area contributed by atoms with Crippen molar-refractivity contribution >= 4 is 11.9 Å². The van der Waals surface area contributed by atoms with Crippen LogP contribution in [0.2, 0.25) is 0 Å². The summed E-state index contributed by atoms with van der Waals surface area (Å²) in [5.41, 5.74) is 1.19. The summed E-state index contributed by atoms with van der Waals surface area (Å²) in [6.45, 7) is 9.25. The Bertz CT molecular complexity index is 1080. The number of carbonyl (C=O) groups is 1. The van der Waals surface area contributed by atoms with E-state index in [0.29, 0.717) is 28.0 Å². The lowest BCUT2D eigenvalue weighted by molar-refractivity contribution is 0.0200. The van der Waals surface area contributed by atoms with Crippen LogP contribution in [0.5, 0.6) is 17.2 Å². The molecule has 0 aliphatic carbocycles. The zero-order valence-corrected chi connectivity index (χ0v) is 17.8. The summed E-state index contributed by atoms with van der Waals surface area (Å²) >= 11 is 0. The summed E-state index contributed by atoms with van der Waals surface area (Å²) in [4.78, 5) is 13.2. The number of benzene rings is 2. The van der Waals surface area contributed by atoms with Crippen LogP contribution in [0, 0.1) is 0 Å². The molecule has 0 amide bonds. The minimum Gasteiger partial charge on any atom is -0.506 e. The maximum Gasteiger partial charge on any atom is 0.202 e. The minimum atomic E-state index is -1.48. The summed E-state index contributed by atoms with van der Waals surface area (Å²) in [5.74, 6) is -0.479. The Balaban J connectivity index is 1.95. The van der Waals surface area contributed by atoms with Gasteiger partial charge in [0.1, 0.15) is 28.4 Å². The first kappa shape index (κ1) is 21.2. The lowest BCUT2D eigenvalue weighted by Crippen LogP contribution is -2.37. The zero-order chi connectivity index (χ0) is 22.5. The second-order valence-corrected chi connectivity index (χ2v) is 8.64. The van der Waals surface area contributed by atoms with Gasteiger partial charge in [-0.1, -0.05) is 42.5 Å². The third-order valence-corrected chi connectivity index (χ3v) is 5.67. The molecule has 0 saturated heterocycles. The predicted octanol–water partition coefficient (Wildman–Crippen LogP) is 3.73. The first-order chi connectivity index (χ1) is 14.6. The van der Waals surface area contributed by atoms with Crippen molar-refractivity contribution in [1.82, 2.24) is 0 Å². The van der Waals surface area contributed by atoms with E-state index in [4.69, 9.17) is 9.47 Å². The molecule has 2 aliphatic rings. The van der Waals surface area contributed by atoms with Crippen LogP contribution in [0.4, 0.5) is 0 Å². The number of carbonyl (C=O) groups excluding carboxylic acids is 1. The van der Waals surface area contributed by atoms with E-state index >= 15 is 0 Å². The van der Waals surface area contributed by atoms with Crippen LogP contribution in [0.25, 0.3) is 6.08 Å². The van der Waals surface area contributed by atoms with Crippen molar-refractivity contribution in [1.29, 1.82) is 0 Å². The molecule has 162 valence electrons. The molecule has 0 radical (unpaired) electrons. The fourth-order valence-electron chi connectivity index (χ4n) is 3.90. The van der Waals surface area contributed by atoms with E-state index in [1.807, 2.05) is 19.9 Å². The van der Waals surface area contributed by atoms with Gasteiger partial charge in [-0.05, 0) is 38.5 Å². The van der Waals surface area contributed by atoms with Gasteiger partial charge in [0.25, 0.3) is 0 Å². The number of hydrogen-bond donors (Lipinski definition) is 3. The number of aromatic hydroxyl groups is 1. The predicted molar refractivity (Wildman–Crippen MR) is 117 cm³/mol. The monoisotopic (exact) mass is 422 g/mol. The third kappa shape index (κ3) is 3.62. The molecule has 0 saturated carbocycles. The third-order valence-electron chi connectivity index (χ3n) is 5.67. The van der Waals surface area contributed by atoms with Gasteiger partial charge < -0.3 is 24.8 Å². The molecule has 2 aromatic rings. The number of ether oxygens (including phenoxy) is 2. The van der Waals surface area contributed by atoms with Crippen molar-refractivity contribution in [3.05, 3.63) is 70.8 Å². The van der Waals surface area contributed by atoms with Gasteiger partial charge in [-0.3, -0.25) is 4.79 Å². The van der Waals surface area contributed by atoms with Gasteiger partial charge in [0.2, 0.25) is 5.78 Å². The largest absolute Gasteiger partial charge is 0.506 e. The number of ketones is 1. The molecule has 3 N–H and O–H groups in total. The average Bonchev–Trinajstić information content (AvgIpc) is 2.72. The fourth-order valence-corrected chi connectivity index (χ4v) is 3.90. The molecule has 2 aliphatic heterocycles. The number of aliphatic hydroxyl groups is 2. The standard InChI is InChI=1S/C25H26O6/c1-13(2)17(26)12-16-23-15(10-11-25(3,4)31-23)19(27)18-20(28)21(29)22(30-24(16)18)14-8-6-5-7-9-14/h5-11,17,21-22,26-27,29H,1,12H2,2-4H3/t17-,21+,22-/m1/s1. The number of rotatable bonds is 4. The highest BCUT2D eigenvalue weighted by Crippen LogP contribution is 2.51. The minimum absolute atomic E-state index is 0.0785. The number of aliphatic hydroxyl groups excluding tert-OH is 2. The van der Waals surface area contributed by atoms with E-state index < -0.39 is 29.7 Å². The summed E-state index contributed by atoms with van der Waals surface area (Å²) in [5, 5.41) is 32.2. The molecule has 6 heteroatoms. The number of Topliss-reactive ketones (excluding diaryl/α,β-unsaturated/α-hetero) is 1. The van der Waals surface area contributed by atoms with E-state index in [2.05, 4.69) is 6.58 Å². The highest BCUT2D eigenvalue weighted by Gasteiger charge is 2.43. The lowest BCUT2D eigenvalue weighted by atomic mass is 9.86. The van der Waals surface area contributed by atoms with E-state index in [9.17, 15) is 20.1 Å². The van der Waals surface area contributed by atoms with Gasteiger partial charge in [-0.15, -0.1) is 0 Å². The molecular weight excluding hydrogens is 396 g/mol. The second kappa shape index (κ2) is 7.55. The average molecular weight is 422 g/mol. The quantitative estimate of drug-likeness (QED) is 0.650. The van der Waals surface area contributed by atoms with Gasteiger partial charge in [0.05, 0.1) is 11.7 Å². The first-order valence-corrected chi connectivity index (χ1v) is 10.2. The number of fused-ring (bicyclic) bond motifs is 2. The highest BCUT2D eigenvalue weighted by molar-refractivity contribution is 6.07. The van der Waals surface area contributed by atoms with Crippen molar-refractivity contribution in [3.8, 4) is 17.2 Å². The van der Waals surface area contributed by atoms with E-state index in [0.717, 1.165) is 0 Å². The van der Waals surface area contributed by atoms with Crippen LogP contribution < -0.4 is 9.47 Å². The Labute approximate surface area is 181 Å².